The Morgan fingerprint density at radius 3 is 2.86 bits per heavy atom. The number of pyridine rings is 1. The van der Waals surface area contributed by atoms with E-state index in [4.69, 9.17) is 4.74 Å². The summed E-state index contributed by atoms with van der Waals surface area (Å²) in [6.45, 7) is 6.03. The second-order valence-electron chi connectivity index (χ2n) is 5.26. The molecule has 0 aliphatic carbocycles. The highest BCUT2D eigenvalue weighted by atomic mass is 16.5. The Bertz CT molecular complexity index is 618. The lowest BCUT2D eigenvalue weighted by Crippen LogP contribution is -2.18. The van der Waals surface area contributed by atoms with Gasteiger partial charge in [0, 0.05) is 12.7 Å². The molecule has 1 aromatic carbocycles. The van der Waals surface area contributed by atoms with E-state index in [0.29, 0.717) is 23.0 Å². The number of nitriles is 1. The van der Waals surface area contributed by atoms with Crippen LogP contribution in [0.15, 0.2) is 42.7 Å². The average Bonchev–Trinajstić information content (AvgIpc) is 2.49. The number of rotatable bonds is 6. The van der Waals surface area contributed by atoms with E-state index in [2.05, 4.69) is 30.2 Å². The molecule has 0 aliphatic rings. The molecule has 2 aromatic rings. The van der Waals surface area contributed by atoms with Gasteiger partial charge in [-0.15, -0.1) is 0 Å². The van der Waals surface area contributed by atoms with E-state index in [1.807, 2.05) is 24.3 Å². The van der Waals surface area contributed by atoms with E-state index in [9.17, 15) is 5.26 Å². The molecule has 0 saturated heterocycles. The van der Waals surface area contributed by atoms with E-state index in [1.54, 1.807) is 18.5 Å². The van der Waals surface area contributed by atoms with Gasteiger partial charge in [0.25, 0.3) is 0 Å². The van der Waals surface area contributed by atoms with Gasteiger partial charge in [-0.2, -0.15) is 5.26 Å². The van der Waals surface area contributed by atoms with E-state index in [-0.39, 0.29) is 0 Å². The lowest BCUT2D eigenvalue weighted by molar-refractivity contribution is 0.478. The molecule has 0 amide bonds. The van der Waals surface area contributed by atoms with Gasteiger partial charge in [0.15, 0.2) is 0 Å². The van der Waals surface area contributed by atoms with Crippen LogP contribution in [0.1, 0.15) is 25.0 Å². The van der Waals surface area contributed by atoms with Crippen molar-refractivity contribution in [1.82, 2.24) is 10.3 Å². The monoisotopic (exact) mass is 281 g/mol. The topological polar surface area (TPSA) is 57.9 Å². The normalized spacial score (nSPS) is 10.4. The second-order valence-corrected chi connectivity index (χ2v) is 5.26. The molecule has 1 heterocycles. The van der Waals surface area contributed by atoms with Crippen LogP contribution in [0.5, 0.6) is 11.5 Å². The molecular formula is C17H19N3O. The second kappa shape index (κ2) is 7.41. The number of nitrogens with one attached hydrogen (secondary N) is 1. The highest BCUT2D eigenvalue weighted by Gasteiger charge is 2.06. The number of hydrogen-bond donors (Lipinski definition) is 1. The Morgan fingerprint density at radius 2 is 2.19 bits per heavy atom. The zero-order chi connectivity index (χ0) is 15.1. The highest BCUT2D eigenvalue weighted by Crippen LogP contribution is 2.25. The van der Waals surface area contributed by atoms with Crippen LogP contribution in [0.25, 0.3) is 0 Å². The number of nitrogens with zero attached hydrogens (tertiary/aromatic N) is 2. The molecule has 0 atom stereocenters. The highest BCUT2D eigenvalue weighted by molar-refractivity contribution is 5.47. The van der Waals surface area contributed by atoms with Crippen LogP contribution in [-0.2, 0) is 6.54 Å². The summed E-state index contributed by atoms with van der Waals surface area (Å²) in [6, 6.07) is 11.5. The third-order valence-electron chi connectivity index (χ3n) is 2.91. The lowest BCUT2D eigenvalue weighted by Gasteiger charge is -2.10. The molecule has 4 heteroatoms. The minimum Gasteiger partial charge on any atom is -0.454 e. The quantitative estimate of drug-likeness (QED) is 0.880. The largest absolute Gasteiger partial charge is 0.454 e. The average molecular weight is 281 g/mol. The third-order valence-corrected chi connectivity index (χ3v) is 2.91. The molecule has 0 spiro atoms. The lowest BCUT2D eigenvalue weighted by atomic mass is 10.1. The Labute approximate surface area is 125 Å². The van der Waals surface area contributed by atoms with Crippen LogP contribution in [0, 0.1) is 17.2 Å². The van der Waals surface area contributed by atoms with Crippen molar-refractivity contribution in [3.05, 3.63) is 53.9 Å². The van der Waals surface area contributed by atoms with E-state index in [1.165, 1.54) is 0 Å². The molecule has 0 aliphatic heterocycles. The standard InChI is InChI=1S/C17H19N3O/c1-13(2)10-20-11-14-5-6-17(15(8-14)9-18)21-16-4-3-7-19-12-16/h3-8,12-13,20H,10-11H2,1-2H3. The van der Waals surface area contributed by atoms with Crippen molar-refractivity contribution in [1.29, 1.82) is 5.26 Å². The number of ether oxygens (including phenoxy) is 1. The van der Waals surface area contributed by atoms with Crippen LogP contribution in [0.4, 0.5) is 0 Å². The summed E-state index contributed by atoms with van der Waals surface area (Å²) in [7, 11) is 0. The zero-order valence-corrected chi connectivity index (χ0v) is 12.3. The van der Waals surface area contributed by atoms with Gasteiger partial charge in [0.2, 0.25) is 0 Å². The van der Waals surface area contributed by atoms with Gasteiger partial charge in [0.05, 0.1) is 11.8 Å². The van der Waals surface area contributed by atoms with Crippen molar-refractivity contribution < 1.29 is 4.74 Å². The van der Waals surface area contributed by atoms with E-state index >= 15 is 0 Å². The van der Waals surface area contributed by atoms with Crippen LogP contribution in [0.2, 0.25) is 0 Å². The first-order valence-corrected chi connectivity index (χ1v) is 7.00. The number of hydrogen-bond acceptors (Lipinski definition) is 4. The Kier molecular flexibility index (Phi) is 5.30. The van der Waals surface area contributed by atoms with Crippen LogP contribution >= 0.6 is 0 Å². The maximum absolute atomic E-state index is 9.27. The summed E-state index contributed by atoms with van der Waals surface area (Å²) in [5.74, 6) is 1.78. The molecule has 108 valence electrons. The molecule has 21 heavy (non-hydrogen) atoms. The molecule has 0 radical (unpaired) electrons. The van der Waals surface area contributed by atoms with Crippen molar-refractivity contribution in [2.45, 2.75) is 20.4 Å². The van der Waals surface area contributed by atoms with Gasteiger partial charge < -0.3 is 10.1 Å². The van der Waals surface area contributed by atoms with E-state index < -0.39 is 0 Å². The molecule has 4 nitrogen and oxygen atoms in total. The van der Waals surface area contributed by atoms with Gasteiger partial charge in [-0.05, 0) is 42.3 Å². The Balaban J connectivity index is 2.08. The molecule has 0 saturated carbocycles. The first kappa shape index (κ1) is 15.0. The number of aromatic nitrogens is 1. The fraction of sp³-hybridized carbons (Fsp3) is 0.294. The smallest absolute Gasteiger partial charge is 0.145 e. The van der Waals surface area contributed by atoms with Crippen molar-refractivity contribution in [3.63, 3.8) is 0 Å². The first-order valence-electron chi connectivity index (χ1n) is 7.00. The van der Waals surface area contributed by atoms with Crippen molar-refractivity contribution in [2.24, 2.45) is 5.92 Å². The van der Waals surface area contributed by atoms with Gasteiger partial charge in [0.1, 0.15) is 17.6 Å². The summed E-state index contributed by atoms with van der Waals surface area (Å²) in [4.78, 5) is 3.99. The summed E-state index contributed by atoms with van der Waals surface area (Å²) in [6.07, 6.45) is 3.31. The SMILES string of the molecule is CC(C)CNCc1ccc(Oc2cccnc2)c(C#N)c1. The summed E-state index contributed by atoms with van der Waals surface area (Å²) < 4.78 is 5.69. The number of benzene rings is 1. The molecule has 0 unspecified atom stereocenters. The minimum absolute atomic E-state index is 0.530. The molecule has 2 rings (SSSR count). The third kappa shape index (κ3) is 4.59. The minimum atomic E-state index is 0.530. The van der Waals surface area contributed by atoms with Gasteiger partial charge >= 0.3 is 0 Å². The summed E-state index contributed by atoms with van der Waals surface area (Å²) in [5, 5.41) is 12.6. The maximum atomic E-state index is 9.27. The van der Waals surface area contributed by atoms with Crippen LogP contribution < -0.4 is 10.1 Å². The maximum Gasteiger partial charge on any atom is 0.145 e. The summed E-state index contributed by atoms with van der Waals surface area (Å²) >= 11 is 0. The first-order chi connectivity index (χ1) is 10.2. The van der Waals surface area contributed by atoms with Gasteiger partial charge in [-0.25, -0.2) is 0 Å². The summed E-state index contributed by atoms with van der Waals surface area (Å²) in [5.41, 5.74) is 1.61. The van der Waals surface area contributed by atoms with Gasteiger partial charge in [-0.1, -0.05) is 19.9 Å². The van der Waals surface area contributed by atoms with E-state index in [0.717, 1.165) is 18.7 Å². The fourth-order valence-corrected chi connectivity index (χ4v) is 1.90. The van der Waals surface area contributed by atoms with Crippen LogP contribution in [0.3, 0.4) is 0 Å². The molecular weight excluding hydrogens is 262 g/mol. The molecule has 0 fully saturated rings. The fourth-order valence-electron chi connectivity index (χ4n) is 1.90. The van der Waals surface area contributed by atoms with Crippen molar-refractivity contribution >= 4 is 0 Å². The predicted molar refractivity (Wildman–Crippen MR) is 82.0 cm³/mol. The predicted octanol–water partition coefficient (Wildman–Crippen LogP) is 3.49. The Morgan fingerprint density at radius 1 is 1.33 bits per heavy atom. The van der Waals surface area contributed by atoms with Crippen molar-refractivity contribution in [3.8, 4) is 17.6 Å². The van der Waals surface area contributed by atoms with Gasteiger partial charge in [-0.3, -0.25) is 4.98 Å². The molecule has 1 aromatic heterocycles. The van der Waals surface area contributed by atoms with Crippen LogP contribution in [-0.4, -0.2) is 11.5 Å². The van der Waals surface area contributed by atoms with Crippen molar-refractivity contribution in [2.75, 3.05) is 6.54 Å². The molecule has 1 N–H and O–H groups in total. The Hall–Kier alpha value is -2.38. The zero-order valence-electron chi connectivity index (χ0n) is 12.3. The molecule has 0 bridgehead atoms.